The second-order valence-electron chi connectivity index (χ2n) is 4.72. The minimum absolute atomic E-state index is 0.0856. The van der Waals surface area contributed by atoms with Gasteiger partial charge in [-0.05, 0) is 26.7 Å². The van der Waals surface area contributed by atoms with Crippen molar-refractivity contribution in [2.75, 3.05) is 6.54 Å². The van der Waals surface area contributed by atoms with Crippen molar-refractivity contribution in [2.24, 2.45) is 11.5 Å². The van der Waals surface area contributed by atoms with E-state index in [2.05, 4.69) is 0 Å². The predicted molar refractivity (Wildman–Crippen MR) is 56.8 cm³/mol. The van der Waals surface area contributed by atoms with Crippen LogP contribution in [0.5, 0.6) is 0 Å². The summed E-state index contributed by atoms with van der Waals surface area (Å²) in [6, 6.07) is -0.252. The molecule has 0 aromatic heterocycles. The molecule has 4 heteroatoms. The van der Waals surface area contributed by atoms with Gasteiger partial charge in [-0.2, -0.15) is 0 Å². The molecule has 1 saturated heterocycles. The Kier molecular flexibility index (Phi) is 3.37. The summed E-state index contributed by atoms with van der Waals surface area (Å²) in [6.07, 6.45) is 4.30. The van der Waals surface area contributed by atoms with Crippen LogP contribution < -0.4 is 11.5 Å². The van der Waals surface area contributed by atoms with Crippen LogP contribution in [0.4, 0.5) is 4.79 Å². The van der Waals surface area contributed by atoms with Gasteiger partial charge in [-0.3, -0.25) is 0 Å². The zero-order valence-corrected chi connectivity index (χ0v) is 9.12. The number of amides is 2. The average Bonchev–Trinajstić information content (AvgIpc) is 2.26. The quantitative estimate of drug-likeness (QED) is 0.662. The van der Waals surface area contributed by atoms with Crippen LogP contribution in [0.1, 0.15) is 39.5 Å². The van der Waals surface area contributed by atoms with Crippen molar-refractivity contribution in [1.82, 2.24) is 4.90 Å². The van der Waals surface area contributed by atoms with Crippen molar-refractivity contribution >= 4 is 6.03 Å². The fourth-order valence-electron chi connectivity index (χ4n) is 2.15. The molecule has 1 aliphatic heterocycles. The maximum Gasteiger partial charge on any atom is 0.315 e. The molecule has 0 saturated carbocycles. The lowest BCUT2D eigenvalue weighted by molar-refractivity contribution is 0.152. The molecule has 0 spiro atoms. The Bertz CT molecular complexity index is 210. The number of rotatable bonds is 1. The molecular weight excluding hydrogens is 178 g/mol. The van der Waals surface area contributed by atoms with E-state index in [4.69, 9.17) is 11.5 Å². The van der Waals surface area contributed by atoms with Gasteiger partial charge in [-0.1, -0.05) is 12.8 Å². The van der Waals surface area contributed by atoms with Gasteiger partial charge < -0.3 is 16.4 Å². The van der Waals surface area contributed by atoms with Crippen LogP contribution in [-0.2, 0) is 0 Å². The van der Waals surface area contributed by atoms with Crippen molar-refractivity contribution < 1.29 is 4.79 Å². The summed E-state index contributed by atoms with van der Waals surface area (Å²) in [5.41, 5.74) is 11.1. The van der Waals surface area contributed by atoms with Crippen molar-refractivity contribution in [2.45, 2.75) is 51.1 Å². The minimum Gasteiger partial charge on any atom is -0.351 e. The number of likely N-dealkylation sites (tertiary alicyclic amines) is 1. The Labute approximate surface area is 85.6 Å². The van der Waals surface area contributed by atoms with Crippen LogP contribution in [0.3, 0.4) is 0 Å². The summed E-state index contributed by atoms with van der Waals surface area (Å²) in [5, 5.41) is 0. The van der Waals surface area contributed by atoms with Crippen LogP contribution in [0, 0.1) is 0 Å². The average molecular weight is 199 g/mol. The number of hydrogen-bond acceptors (Lipinski definition) is 2. The summed E-state index contributed by atoms with van der Waals surface area (Å²) in [4.78, 5) is 13.0. The zero-order valence-electron chi connectivity index (χ0n) is 9.12. The van der Waals surface area contributed by atoms with Gasteiger partial charge in [0, 0.05) is 12.1 Å². The highest BCUT2D eigenvalue weighted by Crippen LogP contribution is 2.23. The Morgan fingerprint density at radius 1 is 1.36 bits per heavy atom. The number of nitrogens with two attached hydrogens (primary N) is 2. The molecule has 4 nitrogen and oxygen atoms in total. The first-order valence-electron chi connectivity index (χ1n) is 5.28. The van der Waals surface area contributed by atoms with Gasteiger partial charge in [0.15, 0.2) is 0 Å². The van der Waals surface area contributed by atoms with Gasteiger partial charge in [0.1, 0.15) is 0 Å². The number of nitrogens with zero attached hydrogens (tertiary/aromatic N) is 1. The zero-order chi connectivity index (χ0) is 10.8. The Morgan fingerprint density at radius 3 is 2.50 bits per heavy atom. The maximum atomic E-state index is 11.3. The van der Waals surface area contributed by atoms with E-state index in [0.717, 1.165) is 32.2 Å². The monoisotopic (exact) mass is 199 g/mol. The van der Waals surface area contributed by atoms with Gasteiger partial charge in [0.2, 0.25) is 0 Å². The van der Waals surface area contributed by atoms with E-state index in [1.165, 1.54) is 0 Å². The topological polar surface area (TPSA) is 72.3 Å². The third-order valence-electron chi connectivity index (χ3n) is 2.89. The van der Waals surface area contributed by atoms with Gasteiger partial charge in [0.05, 0.1) is 6.04 Å². The number of carbonyl (C=O) groups excluding carboxylic acids is 1. The van der Waals surface area contributed by atoms with E-state index in [1.54, 1.807) is 4.90 Å². The van der Waals surface area contributed by atoms with E-state index >= 15 is 0 Å². The largest absolute Gasteiger partial charge is 0.351 e. The molecule has 1 unspecified atom stereocenters. The van der Waals surface area contributed by atoms with Crippen LogP contribution in [0.25, 0.3) is 0 Å². The van der Waals surface area contributed by atoms with E-state index < -0.39 is 0 Å². The summed E-state index contributed by atoms with van der Waals surface area (Å²) in [6.45, 7) is 4.67. The lowest BCUT2D eigenvalue weighted by atomic mass is 9.91. The molecule has 0 aliphatic carbocycles. The third-order valence-corrected chi connectivity index (χ3v) is 2.89. The standard InChI is InChI=1S/C10H21N3O/c1-10(2,12)8-6-4-3-5-7-13(8)9(11)14/h8H,3-7,12H2,1-2H3,(H2,11,14). The first-order valence-corrected chi connectivity index (χ1v) is 5.28. The molecule has 0 aromatic rings. The number of carbonyl (C=O) groups is 1. The molecule has 1 rings (SSSR count). The van der Waals surface area contributed by atoms with E-state index in [-0.39, 0.29) is 17.6 Å². The molecule has 1 aliphatic rings. The SMILES string of the molecule is CC(C)(N)C1CCCCCN1C(N)=O. The molecule has 1 fully saturated rings. The van der Waals surface area contributed by atoms with Crippen LogP contribution >= 0.6 is 0 Å². The lowest BCUT2D eigenvalue weighted by Crippen LogP contribution is -2.57. The number of primary amides is 1. The molecule has 0 radical (unpaired) electrons. The number of urea groups is 1. The first kappa shape index (κ1) is 11.3. The lowest BCUT2D eigenvalue weighted by Gasteiger charge is -2.37. The summed E-state index contributed by atoms with van der Waals surface area (Å²) in [5.74, 6) is 0. The Balaban J connectivity index is 2.79. The molecule has 0 aromatic carbocycles. The van der Waals surface area contributed by atoms with Gasteiger partial charge >= 0.3 is 6.03 Å². The normalized spacial score (nSPS) is 24.5. The molecular formula is C10H21N3O. The number of hydrogen-bond donors (Lipinski definition) is 2. The fraction of sp³-hybridized carbons (Fsp3) is 0.900. The molecule has 0 bridgehead atoms. The summed E-state index contributed by atoms with van der Waals surface area (Å²) < 4.78 is 0. The highest BCUT2D eigenvalue weighted by atomic mass is 16.2. The van der Waals surface area contributed by atoms with Gasteiger partial charge in [-0.15, -0.1) is 0 Å². The first-order chi connectivity index (χ1) is 6.43. The van der Waals surface area contributed by atoms with E-state index in [9.17, 15) is 4.79 Å². The molecule has 4 N–H and O–H groups in total. The van der Waals surface area contributed by atoms with E-state index in [0.29, 0.717) is 0 Å². The summed E-state index contributed by atoms with van der Waals surface area (Å²) in [7, 11) is 0. The van der Waals surface area contributed by atoms with Crippen LogP contribution in [0.15, 0.2) is 0 Å². The highest BCUT2D eigenvalue weighted by Gasteiger charge is 2.33. The van der Waals surface area contributed by atoms with Crippen LogP contribution in [0.2, 0.25) is 0 Å². The Hall–Kier alpha value is -0.770. The van der Waals surface area contributed by atoms with Gasteiger partial charge in [-0.25, -0.2) is 4.79 Å². The second-order valence-corrected chi connectivity index (χ2v) is 4.72. The van der Waals surface area contributed by atoms with Crippen molar-refractivity contribution in [3.63, 3.8) is 0 Å². The molecule has 1 atom stereocenters. The van der Waals surface area contributed by atoms with Crippen molar-refractivity contribution in [1.29, 1.82) is 0 Å². The smallest absolute Gasteiger partial charge is 0.315 e. The van der Waals surface area contributed by atoms with Crippen molar-refractivity contribution in [3.8, 4) is 0 Å². The molecule has 82 valence electrons. The maximum absolute atomic E-state index is 11.3. The third kappa shape index (κ3) is 2.61. The summed E-state index contributed by atoms with van der Waals surface area (Å²) >= 11 is 0. The van der Waals surface area contributed by atoms with Crippen LogP contribution in [-0.4, -0.2) is 29.1 Å². The molecule has 14 heavy (non-hydrogen) atoms. The molecule has 1 heterocycles. The van der Waals surface area contributed by atoms with E-state index in [1.807, 2.05) is 13.8 Å². The predicted octanol–water partition coefficient (Wildman–Crippen LogP) is 1.05. The van der Waals surface area contributed by atoms with Gasteiger partial charge in [0.25, 0.3) is 0 Å². The van der Waals surface area contributed by atoms with Crippen molar-refractivity contribution in [3.05, 3.63) is 0 Å². The second kappa shape index (κ2) is 4.17. The fourth-order valence-corrected chi connectivity index (χ4v) is 2.15. The highest BCUT2D eigenvalue weighted by molar-refractivity contribution is 5.72. The Morgan fingerprint density at radius 2 is 2.00 bits per heavy atom. The minimum atomic E-state index is -0.362. The molecule has 2 amide bonds.